The van der Waals surface area contributed by atoms with Crippen LogP contribution in [0.15, 0.2) is 11.8 Å². The smallest absolute Gasteiger partial charge is 0.345 e. The van der Waals surface area contributed by atoms with Crippen LogP contribution in [0, 0.1) is 0 Å². The molecule has 0 saturated heterocycles. The summed E-state index contributed by atoms with van der Waals surface area (Å²) in [6.45, 7) is 1.74. The lowest BCUT2D eigenvalue weighted by molar-refractivity contribution is -0.140. The highest BCUT2D eigenvalue weighted by atomic mass is 16.5. The summed E-state index contributed by atoms with van der Waals surface area (Å²) >= 11 is 0. The average Bonchev–Trinajstić information content (AvgIpc) is 2.12. The first-order valence-electron chi connectivity index (χ1n) is 4.54. The Morgan fingerprint density at radius 3 is 2.31 bits per heavy atom. The van der Waals surface area contributed by atoms with Crippen LogP contribution < -0.4 is 11.1 Å². The number of ether oxygens (including phenoxy) is 1. The number of amides is 3. The van der Waals surface area contributed by atoms with Gasteiger partial charge in [0.15, 0.2) is 0 Å². The second-order valence-electron chi connectivity index (χ2n) is 3.05. The van der Waals surface area contributed by atoms with Gasteiger partial charge < -0.3 is 15.4 Å². The molecule has 0 heterocycles. The maximum atomic E-state index is 11.4. The highest BCUT2D eigenvalue weighted by Crippen LogP contribution is 2.00. The molecule has 16 heavy (non-hydrogen) atoms. The molecule has 0 aliphatic carbocycles. The summed E-state index contributed by atoms with van der Waals surface area (Å²) in [5.74, 6) is -1.70. The van der Waals surface area contributed by atoms with E-state index in [-0.39, 0.29) is 12.2 Å². The fourth-order valence-electron chi connectivity index (χ4n) is 0.850. The molecular formula is C9H15N3O4. The number of esters is 1. The van der Waals surface area contributed by atoms with Gasteiger partial charge in [-0.05, 0) is 6.92 Å². The molecule has 0 saturated carbocycles. The van der Waals surface area contributed by atoms with Crippen molar-refractivity contribution in [3.63, 3.8) is 0 Å². The van der Waals surface area contributed by atoms with Crippen LogP contribution in [-0.2, 0) is 14.3 Å². The zero-order valence-corrected chi connectivity index (χ0v) is 9.44. The first-order valence-corrected chi connectivity index (χ1v) is 4.54. The number of imide groups is 1. The maximum Gasteiger partial charge on any atom is 0.345 e. The quantitative estimate of drug-likeness (QED) is 0.284. The number of nitrogens with zero attached hydrogens (tertiary/aromatic N) is 1. The molecule has 0 rings (SSSR count). The molecule has 0 aromatic heterocycles. The second kappa shape index (κ2) is 6.44. The number of hydrogen-bond donors (Lipinski definition) is 2. The van der Waals surface area contributed by atoms with Gasteiger partial charge in [-0.2, -0.15) is 0 Å². The molecule has 3 N–H and O–H groups in total. The van der Waals surface area contributed by atoms with Crippen molar-refractivity contribution in [3.8, 4) is 0 Å². The number of hydrogen-bond acceptors (Lipinski definition) is 5. The molecule has 90 valence electrons. The monoisotopic (exact) mass is 229 g/mol. The minimum absolute atomic E-state index is 0.132. The van der Waals surface area contributed by atoms with E-state index in [1.807, 2.05) is 0 Å². The lowest BCUT2D eigenvalue weighted by atomic mass is 10.2. The van der Waals surface area contributed by atoms with E-state index in [2.05, 4.69) is 4.74 Å². The Morgan fingerprint density at radius 1 is 1.38 bits per heavy atom. The van der Waals surface area contributed by atoms with Crippen LogP contribution in [0.5, 0.6) is 0 Å². The molecule has 0 aliphatic heterocycles. The third-order valence-corrected chi connectivity index (χ3v) is 1.36. The van der Waals surface area contributed by atoms with Gasteiger partial charge in [0.25, 0.3) is 5.91 Å². The van der Waals surface area contributed by atoms with Crippen LogP contribution in [-0.4, -0.2) is 43.5 Å². The molecule has 3 amide bonds. The average molecular weight is 229 g/mol. The van der Waals surface area contributed by atoms with E-state index >= 15 is 0 Å². The predicted molar refractivity (Wildman–Crippen MR) is 56.1 cm³/mol. The Kier molecular flexibility index (Phi) is 5.61. The summed E-state index contributed by atoms with van der Waals surface area (Å²) in [6, 6.07) is -1.03. The molecule has 0 spiro atoms. The number of primary amides is 1. The minimum atomic E-state index is -1.03. The van der Waals surface area contributed by atoms with E-state index in [1.54, 1.807) is 26.3 Å². The molecule has 0 radical (unpaired) electrons. The van der Waals surface area contributed by atoms with E-state index < -0.39 is 17.9 Å². The Morgan fingerprint density at radius 2 is 1.94 bits per heavy atom. The predicted octanol–water partition coefficient (Wildman–Crippen LogP) is -0.810. The normalized spacial score (nSPS) is 10.6. The number of carbonyl (C=O) groups is 3. The van der Waals surface area contributed by atoms with Gasteiger partial charge in [-0.1, -0.05) is 0 Å². The highest BCUT2D eigenvalue weighted by Gasteiger charge is 2.20. The first-order chi connectivity index (χ1) is 7.38. The molecule has 0 bridgehead atoms. The Labute approximate surface area is 93.2 Å². The van der Waals surface area contributed by atoms with Crippen LogP contribution in [0.1, 0.15) is 6.92 Å². The summed E-state index contributed by atoms with van der Waals surface area (Å²) in [5.41, 5.74) is 4.49. The van der Waals surface area contributed by atoms with Gasteiger partial charge in [-0.25, -0.2) is 9.59 Å². The lowest BCUT2D eigenvalue weighted by Gasteiger charge is -2.10. The van der Waals surface area contributed by atoms with Gasteiger partial charge in [0.1, 0.15) is 5.57 Å². The van der Waals surface area contributed by atoms with Crippen molar-refractivity contribution in [1.29, 1.82) is 0 Å². The van der Waals surface area contributed by atoms with E-state index in [9.17, 15) is 14.4 Å². The minimum Gasteiger partial charge on any atom is -0.462 e. The van der Waals surface area contributed by atoms with Gasteiger partial charge in [0.05, 0.1) is 6.61 Å². The number of rotatable bonds is 4. The topological polar surface area (TPSA) is 102 Å². The van der Waals surface area contributed by atoms with Crippen LogP contribution in [0.3, 0.4) is 0 Å². The van der Waals surface area contributed by atoms with Crippen molar-refractivity contribution in [2.24, 2.45) is 5.73 Å². The van der Waals surface area contributed by atoms with Gasteiger partial charge >= 0.3 is 12.0 Å². The maximum absolute atomic E-state index is 11.4. The van der Waals surface area contributed by atoms with Crippen LogP contribution >= 0.6 is 0 Å². The van der Waals surface area contributed by atoms with Crippen molar-refractivity contribution >= 4 is 17.9 Å². The zero-order valence-electron chi connectivity index (χ0n) is 9.44. The number of nitrogens with one attached hydrogen (secondary N) is 1. The SMILES string of the molecule is CCOC(=O)/C(=C/N(C)C)C(=O)NC(N)=O. The van der Waals surface area contributed by atoms with Crippen LogP contribution in [0.4, 0.5) is 4.79 Å². The van der Waals surface area contributed by atoms with E-state index in [0.717, 1.165) is 0 Å². The van der Waals surface area contributed by atoms with Crippen molar-refractivity contribution in [1.82, 2.24) is 10.2 Å². The van der Waals surface area contributed by atoms with Crippen molar-refractivity contribution < 1.29 is 19.1 Å². The molecule has 7 nitrogen and oxygen atoms in total. The number of nitrogens with two attached hydrogens (primary N) is 1. The van der Waals surface area contributed by atoms with E-state index in [0.29, 0.717) is 0 Å². The van der Waals surface area contributed by atoms with Crippen molar-refractivity contribution in [2.45, 2.75) is 6.92 Å². The molecule has 0 aromatic carbocycles. The van der Waals surface area contributed by atoms with Gasteiger partial charge in [0.2, 0.25) is 0 Å². The summed E-state index contributed by atoms with van der Waals surface area (Å²) < 4.78 is 4.66. The standard InChI is InChI=1S/C9H15N3O4/c1-4-16-8(14)6(5-12(2)3)7(13)11-9(10)15/h5H,4H2,1-3H3,(H3,10,11,13,15)/b6-5+. The first kappa shape index (κ1) is 13.9. The van der Waals surface area contributed by atoms with Crippen LogP contribution in [0.2, 0.25) is 0 Å². The molecule has 0 unspecified atom stereocenters. The van der Waals surface area contributed by atoms with Gasteiger partial charge in [-0.3, -0.25) is 10.1 Å². The molecule has 0 atom stereocenters. The van der Waals surface area contributed by atoms with Crippen LogP contribution in [0.25, 0.3) is 0 Å². The highest BCUT2D eigenvalue weighted by molar-refractivity contribution is 6.19. The van der Waals surface area contributed by atoms with Crippen molar-refractivity contribution in [2.75, 3.05) is 20.7 Å². The van der Waals surface area contributed by atoms with Gasteiger partial charge in [-0.15, -0.1) is 0 Å². The second-order valence-corrected chi connectivity index (χ2v) is 3.05. The van der Waals surface area contributed by atoms with Crippen molar-refractivity contribution in [3.05, 3.63) is 11.8 Å². The Balaban J connectivity index is 4.88. The fourth-order valence-corrected chi connectivity index (χ4v) is 0.850. The van der Waals surface area contributed by atoms with E-state index in [1.165, 1.54) is 11.1 Å². The Bertz CT molecular complexity index is 323. The van der Waals surface area contributed by atoms with E-state index in [4.69, 9.17) is 5.73 Å². The zero-order chi connectivity index (χ0) is 12.7. The summed E-state index contributed by atoms with van der Waals surface area (Å²) in [6.07, 6.45) is 1.25. The molecule has 0 aromatic rings. The molecule has 7 heteroatoms. The summed E-state index contributed by atoms with van der Waals surface area (Å²) in [7, 11) is 3.24. The molecule has 0 fully saturated rings. The lowest BCUT2D eigenvalue weighted by Crippen LogP contribution is -2.38. The molecular weight excluding hydrogens is 214 g/mol. The number of urea groups is 1. The third kappa shape index (κ3) is 4.99. The molecule has 0 aliphatic rings. The largest absolute Gasteiger partial charge is 0.462 e. The number of carbonyl (C=O) groups excluding carboxylic acids is 3. The summed E-state index contributed by atoms with van der Waals surface area (Å²) in [4.78, 5) is 34.7. The third-order valence-electron chi connectivity index (χ3n) is 1.36. The van der Waals surface area contributed by atoms with Gasteiger partial charge in [0, 0.05) is 20.3 Å². The Hall–Kier alpha value is -2.05. The fraction of sp³-hybridized carbons (Fsp3) is 0.444. The summed E-state index contributed by atoms with van der Waals surface area (Å²) in [5, 5.41) is 1.79.